The number of carbonyl (C=O) groups is 1. The number of carbonyl (C=O) groups excluding carboxylic acids is 1. The van der Waals surface area contributed by atoms with E-state index >= 15 is 0 Å². The Kier molecular flexibility index (Phi) is 5.51. The lowest BCUT2D eigenvalue weighted by molar-refractivity contribution is -0.116. The molecular weight excluding hydrogens is 329 g/mol. The zero-order valence-corrected chi connectivity index (χ0v) is 13.7. The van der Waals surface area contributed by atoms with Crippen LogP contribution in [0.25, 0.3) is 0 Å². The topological polar surface area (TPSA) is 29.1 Å². The van der Waals surface area contributed by atoms with Crippen LogP contribution in [0, 0.1) is 6.92 Å². The number of benzene rings is 2. The molecule has 1 amide bonds. The van der Waals surface area contributed by atoms with E-state index in [4.69, 9.17) is 34.8 Å². The molecule has 2 nitrogen and oxygen atoms in total. The minimum Gasteiger partial charge on any atom is -0.326 e. The molecule has 1 N–H and O–H groups in total. The molecule has 0 unspecified atom stereocenters. The van der Waals surface area contributed by atoms with Crippen molar-refractivity contribution < 1.29 is 4.79 Å². The van der Waals surface area contributed by atoms with Gasteiger partial charge in [0, 0.05) is 17.1 Å². The van der Waals surface area contributed by atoms with E-state index in [0.717, 1.165) is 16.8 Å². The molecule has 2 rings (SSSR count). The Hall–Kier alpha value is -1.22. The lowest BCUT2D eigenvalue weighted by atomic mass is 10.1. The van der Waals surface area contributed by atoms with Crippen LogP contribution in [0.3, 0.4) is 0 Å². The second-order valence-electron chi connectivity index (χ2n) is 4.76. The number of aryl methyl sites for hydroxylation is 2. The van der Waals surface area contributed by atoms with Crippen LogP contribution in [0.1, 0.15) is 17.5 Å². The maximum Gasteiger partial charge on any atom is 0.224 e. The number of rotatable bonds is 4. The van der Waals surface area contributed by atoms with Gasteiger partial charge in [0.05, 0.1) is 10.0 Å². The third-order valence-corrected chi connectivity index (χ3v) is 4.06. The van der Waals surface area contributed by atoms with Gasteiger partial charge in [0.15, 0.2) is 0 Å². The molecular formula is C16H14Cl3NO. The zero-order valence-electron chi connectivity index (χ0n) is 11.4. The maximum atomic E-state index is 12.0. The Morgan fingerprint density at radius 1 is 1.05 bits per heavy atom. The third kappa shape index (κ3) is 4.63. The quantitative estimate of drug-likeness (QED) is 0.778. The second-order valence-corrected chi connectivity index (χ2v) is 6.01. The number of halogens is 3. The Bertz CT molecular complexity index is 671. The SMILES string of the molecule is Cc1cc(Cl)ccc1NC(=O)CCc1ccc(Cl)c(Cl)c1. The van der Waals surface area contributed by atoms with Gasteiger partial charge in [0.2, 0.25) is 5.91 Å². The van der Waals surface area contributed by atoms with Gasteiger partial charge >= 0.3 is 0 Å². The summed E-state index contributed by atoms with van der Waals surface area (Å²) in [6, 6.07) is 10.8. The van der Waals surface area contributed by atoms with Gasteiger partial charge in [-0.2, -0.15) is 0 Å². The van der Waals surface area contributed by atoms with Gasteiger partial charge in [-0.05, 0) is 54.8 Å². The summed E-state index contributed by atoms with van der Waals surface area (Å²) in [5, 5.41) is 4.55. The van der Waals surface area contributed by atoms with E-state index in [2.05, 4.69) is 5.32 Å². The second kappa shape index (κ2) is 7.17. The summed E-state index contributed by atoms with van der Waals surface area (Å²) in [7, 11) is 0. The smallest absolute Gasteiger partial charge is 0.224 e. The van der Waals surface area contributed by atoms with Crippen molar-refractivity contribution in [2.24, 2.45) is 0 Å². The van der Waals surface area contributed by atoms with Crippen molar-refractivity contribution in [3.8, 4) is 0 Å². The summed E-state index contributed by atoms with van der Waals surface area (Å²) in [6.45, 7) is 1.90. The Labute approximate surface area is 139 Å². The molecule has 0 aromatic heterocycles. The number of hydrogen-bond donors (Lipinski definition) is 1. The van der Waals surface area contributed by atoms with E-state index in [9.17, 15) is 4.79 Å². The minimum atomic E-state index is -0.0495. The highest BCUT2D eigenvalue weighted by Gasteiger charge is 2.07. The van der Waals surface area contributed by atoms with E-state index in [-0.39, 0.29) is 5.91 Å². The zero-order chi connectivity index (χ0) is 15.4. The molecule has 5 heteroatoms. The molecule has 0 heterocycles. The van der Waals surface area contributed by atoms with Crippen LogP contribution in [0.2, 0.25) is 15.1 Å². The van der Waals surface area contributed by atoms with Crippen LogP contribution >= 0.6 is 34.8 Å². The lowest BCUT2D eigenvalue weighted by Crippen LogP contribution is -2.13. The minimum absolute atomic E-state index is 0.0495. The molecule has 0 atom stereocenters. The summed E-state index contributed by atoms with van der Waals surface area (Å²) >= 11 is 17.7. The first kappa shape index (κ1) is 16.2. The van der Waals surface area contributed by atoms with Gasteiger partial charge in [0.1, 0.15) is 0 Å². The van der Waals surface area contributed by atoms with Crippen molar-refractivity contribution in [1.29, 1.82) is 0 Å². The van der Waals surface area contributed by atoms with Crippen molar-refractivity contribution in [3.63, 3.8) is 0 Å². The van der Waals surface area contributed by atoms with Crippen LogP contribution in [-0.2, 0) is 11.2 Å². The monoisotopic (exact) mass is 341 g/mol. The summed E-state index contributed by atoms with van der Waals surface area (Å²) in [6.07, 6.45) is 0.982. The van der Waals surface area contributed by atoms with Crippen molar-refractivity contribution in [2.45, 2.75) is 19.8 Å². The molecule has 0 aliphatic rings. The van der Waals surface area contributed by atoms with Crippen molar-refractivity contribution >= 4 is 46.4 Å². The van der Waals surface area contributed by atoms with Crippen molar-refractivity contribution in [2.75, 3.05) is 5.32 Å². The van der Waals surface area contributed by atoms with Crippen molar-refractivity contribution in [3.05, 3.63) is 62.6 Å². The van der Waals surface area contributed by atoms with E-state index in [0.29, 0.717) is 27.9 Å². The van der Waals surface area contributed by atoms with E-state index in [1.807, 2.05) is 19.1 Å². The largest absolute Gasteiger partial charge is 0.326 e. The molecule has 2 aromatic carbocycles. The first-order chi connectivity index (χ1) is 9.95. The highest BCUT2D eigenvalue weighted by molar-refractivity contribution is 6.42. The maximum absolute atomic E-state index is 12.0. The summed E-state index contributed by atoms with van der Waals surface area (Å²) in [4.78, 5) is 12.0. The fourth-order valence-corrected chi connectivity index (χ4v) is 2.48. The van der Waals surface area contributed by atoms with Gasteiger partial charge in [-0.3, -0.25) is 4.79 Å². The van der Waals surface area contributed by atoms with Crippen LogP contribution in [0.5, 0.6) is 0 Å². The van der Waals surface area contributed by atoms with Gasteiger partial charge in [0.25, 0.3) is 0 Å². The molecule has 0 fully saturated rings. The fraction of sp³-hybridized carbons (Fsp3) is 0.188. The van der Waals surface area contributed by atoms with Gasteiger partial charge in [-0.15, -0.1) is 0 Å². The van der Waals surface area contributed by atoms with Crippen LogP contribution < -0.4 is 5.32 Å². The Morgan fingerprint density at radius 3 is 2.48 bits per heavy atom. The van der Waals surface area contributed by atoms with Gasteiger partial charge in [-0.1, -0.05) is 40.9 Å². The molecule has 21 heavy (non-hydrogen) atoms. The van der Waals surface area contributed by atoms with Gasteiger partial charge in [-0.25, -0.2) is 0 Å². The van der Waals surface area contributed by atoms with Crippen LogP contribution in [-0.4, -0.2) is 5.91 Å². The third-order valence-electron chi connectivity index (χ3n) is 3.09. The number of nitrogens with one attached hydrogen (secondary N) is 1. The first-order valence-corrected chi connectivity index (χ1v) is 7.59. The Morgan fingerprint density at radius 2 is 1.81 bits per heavy atom. The highest BCUT2D eigenvalue weighted by Crippen LogP contribution is 2.23. The lowest BCUT2D eigenvalue weighted by Gasteiger charge is -2.09. The molecule has 0 spiro atoms. The first-order valence-electron chi connectivity index (χ1n) is 6.45. The van der Waals surface area contributed by atoms with E-state index in [1.54, 1.807) is 24.3 Å². The molecule has 0 radical (unpaired) electrons. The number of hydrogen-bond acceptors (Lipinski definition) is 1. The highest BCUT2D eigenvalue weighted by atomic mass is 35.5. The molecule has 0 saturated carbocycles. The average molecular weight is 343 g/mol. The van der Waals surface area contributed by atoms with Gasteiger partial charge < -0.3 is 5.32 Å². The van der Waals surface area contributed by atoms with Crippen LogP contribution in [0.4, 0.5) is 5.69 Å². The predicted octanol–water partition coefficient (Wildman–Crippen LogP) is 5.53. The Balaban J connectivity index is 1.94. The predicted molar refractivity (Wildman–Crippen MR) is 89.6 cm³/mol. The summed E-state index contributed by atoms with van der Waals surface area (Å²) < 4.78 is 0. The average Bonchev–Trinajstić information content (AvgIpc) is 2.43. The number of amides is 1. The van der Waals surface area contributed by atoms with E-state index in [1.165, 1.54) is 0 Å². The molecule has 0 aliphatic heterocycles. The molecule has 2 aromatic rings. The van der Waals surface area contributed by atoms with E-state index < -0.39 is 0 Å². The normalized spacial score (nSPS) is 10.5. The number of anilines is 1. The molecule has 0 aliphatic carbocycles. The fourth-order valence-electron chi connectivity index (χ4n) is 1.93. The molecule has 0 bridgehead atoms. The summed E-state index contributed by atoms with van der Waals surface area (Å²) in [5.41, 5.74) is 2.69. The molecule has 0 saturated heterocycles. The standard InChI is InChI=1S/C16H14Cl3NO/c1-10-8-12(17)4-6-15(10)20-16(21)7-3-11-2-5-13(18)14(19)9-11/h2,4-6,8-9H,3,7H2,1H3,(H,20,21). The van der Waals surface area contributed by atoms with Crippen LogP contribution in [0.15, 0.2) is 36.4 Å². The van der Waals surface area contributed by atoms with Crippen molar-refractivity contribution in [1.82, 2.24) is 0 Å². The summed E-state index contributed by atoms with van der Waals surface area (Å²) in [5.74, 6) is -0.0495. The molecule has 110 valence electrons.